The van der Waals surface area contributed by atoms with E-state index in [2.05, 4.69) is 11.0 Å². The zero-order valence-corrected chi connectivity index (χ0v) is 10.4. The fourth-order valence-corrected chi connectivity index (χ4v) is 1.50. The third-order valence-electron chi connectivity index (χ3n) is 1.54. The minimum Gasteiger partial charge on any atom is -0.586 e. The first-order chi connectivity index (χ1) is 7.00. The first-order valence-electron chi connectivity index (χ1n) is 4.07. The molecule has 1 aromatic carbocycles. The highest BCUT2D eigenvalue weighted by molar-refractivity contribution is 7.94. The molecule has 1 aromatic rings. The summed E-state index contributed by atoms with van der Waals surface area (Å²) in [6.45, 7) is 5.19. The first kappa shape index (κ1) is 12.6. The molecular weight excluding hydrogens is 253 g/mol. The molecule has 0 aromatic heterocycles. The van der Waals surface area contributed by atoms with Gasteiger partial charge in [0.15, 0.2) is 0 Å². The molecule has 0 unspecified atom stereocenters. The van der Waals surface area contributed by atoms with Crippen LogP contribution in [0.5, 0.6) is 0 Å². The summed E-state index contributed by atoms with van der Waals surface area (Å²) in [4.78, 5) is 0.506. The van der Waals surface area contributed by atoms with Crippen LogP contribution in [0.15, 0.2) is 34.1 Å². The maximum atomic E-state index is 11.2. The van der Waals surface area contributed by atoms with Crippen LogP contribution in [0.2, 0.25) is 10.0 Å². The van der Waals surface area contributed by atoms with Crippen molar-refractivity contribution in [3.8, 4) is 0 Å². The molecule has 0 aliphatic heterocycles. The van der Waals surface area contributed by atoms with E-state index in [0.717, 1.165) is 5.56 Å². The molecule has 2 nitrogen and oxygen atoms in total. The summed E-state index contributed by atoms with van der Waals surface area (Å²) >= 11 is 10.2. The molecule has 0 saturated carbocycles. The van der Waals surface area contributed by atoms with Crippen molar-refractivity contribution >= 4 is 40.8 Å². The lowest BCUT2D eigenvalue weighted by Crippen LogP contribution is -1.96. The molecule has 0 N–H and O–H groups in total. The Kier molecular flexibility index (Phi) is 4.67. The second-order valence-electron chi connectivity index (χ2n) is 2.86. The minimum atomic E-state index is -1.39. The van der Waals surface area contributed by atoms with E-state index in [0.29, 0.717) is 15.0 Å². The summed E-state index contributed by atoms with van der Waals surface area (Å²) in [5.41, 5.74) is 0.749. The van der Waals surface area contributed by atoms with Crippen LogP contribution in [-0.2, 0) is 11.4 Å². The SMILES string of the molecule is C=C(C)[S@@+]([O-])/N=C/c1ccc(Cl)c(Cl)c1. The second kappa shape index (κ2) is 5.56. The van der Waals surface area contributed by atoms with Gasteiger partial charge in [-0.2, -0.15) is 0 Å². The Labute approximate surface area is 102 Å². The average Bonchev–Trinajstić information content (AvgIpc) is 2.19. The Balaban J connectivity index is 2.81. The normalized spacial score (nSPS) is 13.1. The second-order valence-corrected chi connectivity index (χ2v) is 5.08. The predicted octanol–water partition coefficient (Wildman–Crippen LogP) is 3.61. The zero-order chi connectivity index (χ0) is 11.4. The third-order valence-corrected chi connectivity index (χ3v) is 3.17. The number of nitrogens with zero attached hydrogens (tertiary/aromatic N) is 1. The molecule has 0 bridgehead atoms. The Morgan fingerprint density at radius 1 is 1.47 bits per heavy atom. The molecule has 15 heavy (non-hydrogen) atoms. The van der Waals surface area contributed by atoms with Crippen molar-refractivity contribution in [1.29, 1.82) is 0 Å². The molecule has 0 saturated heterocycles. The highest BCUT2D eigenvalue weighted by Crippen LogP contribution is 2.22. The van der Waals surface area contributed by atoms with Gasteiger partial charge >= 0.3 is 0 Å². The molecule has 0 fully saturated rings. The number of rotatable bonds is 3. The van der Waals surface area contributed by atoms with E-state index in [-0.39, 0.29) is 0 Å². The Bertz CT molecular complexity index is 406. The van der Waals surface area contributed by atoms with Crippen LogP contribution in [0.25, 0.3) is 0 Å². The number of hydrogen-bond acceptors (Lipinski definition) is 2. The van der Waals surface area contributed by atoms with Crippen molar-refractivity contribution in [1.82, 2.24) is 0 Å². The lowest BCUT2D eigenvalue weighted by Gasteiger charge is -2.00. The van der Waals surface area contributed by atoms with Gasteiger partial charge in [-0.05, 0) is 24.3 Å². The van der Waals surface area contributed by atoms with Gasteiger partial charge in [0, 0.05) is 6.92 Å². The van der Waals surface area contributed by atoms with E-state index < -0.39 is 11.4 Å². The van der Waals surface area contributed by atoms with Gasteiger partial charge in [0.05, 0.1) is 16.3 Å². The quantitative estimate of drug-likeness (QED) is 0.605. The molecule has 0 amide bonds. The van der Waals surface area contributed by atoms with Crippen molar-refractivity contribution in [2.45, 2.75) is 6.92 Å². The van der Waals surface area contributed by atoms with Crippen molar-refractivity contribution in [3.63, 3.8) is 0 Å². The molecule has 0 radical (unpaired) electrons. The van der Waals surface area contributed by atoms with Gasteiger partial charge in [0.1, 0.15) is 16.3 Å². The largest absolute Gasteiger partial charge is 0.586 e. The summed E-state index contributed by atoms with van der Waals surface area (Å²) in [7, 11) is 0. The predicted molar refractivity (Wildman–Crippen MR) is 67.0 cm³/mol. The topological polar surface area (TPSA) is 35.4 Å². The Morgan fingerprint density at radius 3 is 2.67 bits per heavy atom. The summed E-state index contributed by atoms with van der Waals surface area (Å²) in [5.74, 6) is 0. The van der Waals surface area contributed by atoms with E-state index in [4.69, 9.17) is 23.2 Å². The van der Waals surface area contributed by atoms with Crippen LogP contribution in [0.3, 0.4) is 0 Å². The lowest BCUT2D eigenvalue weighted by molar-refractivity contribution is 0.603. The van der Waals surface area contributed by atoms with Crippen LogP contribution in [0.1, 0.15) is 12.5 Å². The Morgan fingerprint density at radius 2 is 2.13 bits per heavy atom. The van der Waals surface area contributed by atoms with E-state index in [1.54, 1.807) is 25.1 Å². The van der Waals surface area contributed by atoms with Crippen LogP contribution in [0.4, 0.5) is 0 Å². The van der Waals surface area contributed by atoms with Crippen LogP contribution in [0, 0.1) is 0 Å². The van der Waals surface area contributed by atoms with Crippen molar-refractivity contribution in [3.05, 3.63) is 45.3 Å². The van der Waals surface area contributed by atoms with E-state index >= 15 is 0 Å². The standard InChI is InChI=1S/C10H9Cl2NOS/c1-7(2)15(14)13-6-8-3-4-9(11)10(12)5-8/h3-6H,1H2,2H3/b13-6+/t15-/m1/s1. The van der Waals surface area contributed by atoms with Gasteiger partial charge < -0.3 is 4.55 Å². The van der Waals surface area contributed by atoms with Crippen molar-refractivity contribution in [2.75, 3.05) is 0 Å². The number of benzene rings is 1. The molecule has 80 valence electrons. The molecule has 0 aliphatic rings. The van der Waals surface area contributed by atoms with Crippen molar-refractivity contribution in [2.24, 2.45) is 4.40 Å². The molecule has 0 aliphatic carbocycles. The van der Waals surface area contributed by atoms with Crippen molar-refractivity contribution < 1.29 is 4.55 Å². The van der Waals surface area contributed by atoms with Gasteiger partial charge in [0.2, 0.25) is 0 Å². The minimum absolute atomic E-state index is 0.446. The smallest absolute Gasteiger partial charge is 0.149 e. The fraction of sp³-hybridized carbons (Fsp3) is 0.100. The van der Waals surface area contributed by atoms with Crippen LogP contribution < -0.4 is 0 Å². The van der Waals surface area contributed by atoms with Gasteiger partial charge in [-0.1, -0.05) is 33.7 Å². The van der Waals surface area contributed by atoms with E-state index in [1.807, 2.05) is 0 Å². The molecule has 0 spiro atoms. The molecule has 5 heteroatoms. The summed E-state index contributed by atoms with van der Waals surface area (Å²) < 4.78 is 15.0. The monoisotopic (exact) mass is 261 g/mol. The Hall–Kier alpha value is -0.480. The molecule has 1 atom stereocenters. The molecule has 0 heterocycles. The summed E-state index contributed by atoms with van der Waals surface area (Å²) in [6, 6.07) is 5.06. The summed E-state index contributed by atoms with van der Waals surface area (Å²) in [5, 5.41) is 0.927. The lowest BCUT2D eigenvalue weighted by atomic mass is 10.2. The highest BCUT2D eigenvalue weighted by Gasteiger charge is 2.04. The average molecular weight is 262 g/mol. The van der Waals surface area contributed by atoms with E-state index in [1.165, 1.54) is 6.21 Å². The number of allylic oxidation sites excluding steroid dienone is 1. The van der Waals surface area contributed by atoms with E-state index in [9.17, 15) is 4.55 Å². The van der Waals surface area contributed by atoms with Gasteiger partial charge in [-0.25, -0.2) is 0 Å². The fourth-order valence-electron chi connectivity index (χ4n) is 0.791. The maximum Gasteiger partial charge on any atom is 0.149 e. The highest BCUT2D eigenvalue weighted by atomic mass is 35.5. The molecular formula is C10H9Cl2NOS. The molecule has 1 rings (SSSR count). The number of hydrogen-bond donors (Lipinski definition) is 0. The number of halogens is 2. The first-order valence-corrected chi connectivity index (χ1v) is 5.93. The van der Waals surface area contributed by atoms with Crippen LogP contribution >= 0.6 is 23.2 Å². The maximum absolute atomic E-state index is 11.2. The zero-order valence-electron chi connectivity index (χ0n) is 8.04. The summed E-state index contributed by atoms with van der Waals surface area (Å²) in [6.07, 6.45) is 1.48. The van der Waals surface area contributed by atoms with Gasteiger partial charge in [-0.3, -0.25) is 0 Å². The van der Waals surface area contributed by atoms with Gasteiger partial charge in [-0.15, -0.1) is 0 Å². The third kappa shape index (κ3) is 3.87. The van der Waals surface area contributed by atoms with Gasteiger partial charge in [0.25, 0.3) is 0 Å². The van der Waals surface area contributed by atoms with Crippen LogP contribution in [-0.4, -0.2) is 10.8 Å².